The number of hydrogen-bond acceptors (Lipinski definition) is 4. The van der Waals surface area contributed by atoms with E-state index in [4.69, 9.17) is 4.74 Å². The summed E-state index contributed by atoms with van der Waals surface area (Å²) in [5.74, 6) is 0.429. The van der Waals surface area contributed by atoms with Gasteiger partial charge in [0.05, 0.1) is 6.54 Å². The van der Waals surface area contributed by atoms with E-state index in [9.17, 15) is 9.59 Å². The van der Waals surface area contributed by atoms with Gasteiger partial charge in [-0.3, -0.25) is 9.59 Å². The number of carbonyl (C=O) groups is 2. The fraction of sp³-hybridized carbons (Fsp3) is 0.154. The van der Waals surface area contributed by atoms with Gasteiger partial charge in [0, 0.05) is 29.5 Å². The van der Waals surface area contributed by atoms with E-state index >= 15 is 0 Å². The standard InChI is InChI=1S/C26H27N3O3/c1-2-16-32-24-13-7-10-21(18-24)27-19-26(31)29-23-12-6-11-22(17-23)28-25(30)15-14-20-8-4-3-5-9-20/h2-13,17-18,27H,1,14-16,19H2,(H,28,30)(H,29,31). The van der Waals surface area contributed by atoms with E-state index in [2.05, 4.69) is 22.5 Å². The largest absolute Gasteiger partial charge is 0.489 e. The van der Waals surface area contributed by atoms with Gasteiger partial charge in [0.15, 0.2) is 0 Å². The molecule has 0 atom stereocenters. The van der Waals surface area contributed by atoms with Crippen LogP contribution in [0.25, 0.3) is 0 Å². The molecular weight excluding hydrogens is 402 g/mol. The van der Waals surface area contributed by atoms with Gasteiger partial charge in [-0.15, -0.1) is 0 Å². The van der Waals surface area contributed by atoms with Crippen molar-refractivity contribution in [3.05, 3.63) is 97.1 Å². The number of ether oxygens (including phenoxy) is 1. The zero-order chi connectivity index (χ0) is 22.6. The van der Waals surface area contributed by atoms with Gasteiger partial charge in [0.1, 0.15) is 12.4 Å². The van der Waals surface area contributed by atoms with Gasteiger partial charge < -0.3 is 20.7 Å². The average Bonchev–Trinajstić information content (AvgIpc) is 2.81. The van der Waals surface area contributed by atoms with Crippen LogP contribution >= 0.6 is 0 Å². The maximum absolute atomic E-state index is 12.3. The molecular formula is C26H27N3O3. The van der Waals surface area contributed by atoms with Crippen molar-refractivity contribution in [2.75, 3.05) is 29.1 Å². The summed E-state index contributed by atoms with van der Waals surface area (Å²) in [5.41, 5.74) is 3.15. The average molecular weight is 430 g/mol. The Morgan fingerprint density at radius 2 is 1.50 bits per heavy atom. The Kier molecular flexibility index (Phi) is 8.45. The highest BCUT2D eigenvalue weighted by molar-refractivity contribution is 5.95. The van der Waals surface area contributed by atoms with Gasteiger partial charge >= 0.3 is 0 Å². The molecule has 164 valence electrons. The second-order valence-corrected chi connectivity index (χ2v) is 7.14. The summed E-state index contributed by atoms with van der Waals surface area (Å²) in [6.07, 6.45) is 2.74. The maximum Gasteiger partial charge on any atom is 0.243 e. The number of benzene rings is 3. The van der Waals surface area contributed by atoms with Crippen LogP contribution in [0.2, 0.25) is 0 Å². The van der Waals surface area contributed by atoms with Crippen LogP contribution in [0.1, 0.15) is 12.0 Å². The molecule has 0 aliphatic heterocycles. The van der Waals surface area contributed by atoms with Crippen LogP contribution in [0.3, 0.4) is 0 Å². The van der Waals surface area contributed by atoms with Crippen molar-refractivity contribution in [1.82, 2.24) is 0 Å². The zero-order valence-electron chi connectivity index (χ0n) is 17.8. The Morgan fingerprint density at radius 1 is 0.812 bits per heavy atom. The summed E-state index contributed by atoms with van der Waals surface area (Å²) in [4.78, 5) is 24.6. The number of aryl methyl sites for hydroxylation is 1. The second kappa shape index (κ2) is 12.0. The lowest BCUT2D eigenvalue weighted by Crippen LogP contribution is -2.22. The van der Waals surface area contributed by atoms with Crippen molar-refractivity contribution < 1.29 is 14.3 Å². The quantitative estimate of drug-likeness (QED) is 0.380. The first-order valence-electron chi connectivity index (χ1n) is 10.4. The van der Waals surface area contributed by atoms with Gasteiger partial charge in [-0.25, -0.2) is 0 Å². The molecule has 0 aromatic heterocycles. The van der Waals surface area contributed by atoms with E-state index in [1.165, 1.54) is 0 Å². The monoisotopic (exact) mass is 429 g/mol. The molecule has 0 spiro atoms. The molecule has 3 rings (SSSR count). The number of nitrogens with one attached hydrogen (secondary N) is 3. The summed E-state index contributed by atoms with van der Waals surface area (Å²) in [7, 11) is 0. The normalized spacial score (nSPS) is 10.1. The third kappa shape index (κ3) is 7.65. The summed E-state index contributed by atoms with van der Waals surface area (Å²) < 4.78 is 5.49. The van der Waals surface area contributed by atoms with Gasteiger partial charge in [0.2, 0.25) is 11.8 Å². The number of rotatable bonds is 11. The first-order chi connectivity index (χ1) is 15.6. The SMILES string of the molecule is C=CCOc1cccc(NCC(=O)Nc2cccc(NC(=O)CCc3ccccc3)c2)c1. The highest BCUT2D eigenvalue weighted by Gasteiger charge is 2.06. The summed E-state index contributed by atoms with van der Waals surface area (Å²) >= 11 is 0. The van der Waals surface area contributed by atoms with Crippen molar-refractivity contribution in [2.45, 2.75) is 12.8 Å². The van der Waals surface area contributed by atoms with Crippen LogP contribution < -0.4 is 20.7 Å². The molecule has 0 heterocycles. The van der Waals surface area contributed by atoms with Crippen LogP contribution in [-0.4, -0.2) is 25.0 Å². The molecule has 3 N–H and O–H groups in total. The number of carbonyl (C=O) groups excluding carboxylic acids is 2. The number of anilines is 3. The molecule has 32 heavy (non-hydrogen) atoms. The molecule has 6 nitrogen and oxygen atoms in total. The summed E-state index contributed by atoms with van der Waals surface area (Å²) in [6.45, 7) is 4.14. The van der Waals surface area contributed by atoms with Gasteiger partial charge in [0.25, 0.3) is 0 Å². The van der Waals surface area contributed by atoms with Crippen molar-refractivity contribution in [2.24, 2.45) is 0 Å². The highest BCUT2D eigenvalue weighted by Crippen LogP contribution is 2.18. The van der Waals surface area contributed by atoms with Crippen LogP contribution in [0.15, 0.2) is 91.5 Å². The highest BCUT2D eigenvalue weighted by atomic mass is 16.5. The molecule has 3 aromatic rings. The molecule has 0 fully saturated rings. The topological polar surface area (TPSA) is 79.5 Å². The minimum absolute atomic E-state index is 0.0717. The fourth-order valence-corrected chi connectivity index (χ4v) is 3.04. The predicted molar refractivity (Wildman–Crippen MR) is 129 cm³/mol. The first kappa shape index (κ1) is 22.6. The van der Waals surface area contributed by atoms with Crippen LogP contribution in [0.4, 0.5) is 17.1 Å². The second-order valence-electron chi connectivity index (χ2n) is 7.14. The molecule has 0 saturated carbocycles. The number of hydrogen-bond donors (Lipinski definition) is 3. The van der Waals surface area contributed by atoms with Crippen molar-refractivity contribution in [1.29, 1.82) is 0 Å². The van der Waals surface area contributed by atoms with Crippen molar-refractivity contribution >= 4 is 28.9 Å². The lowest BCUT2D eigenvalue weighted by Gasteiger charge is -2.11. The molecule has 2 amide bonds. The third-order valence-corrected chi connectivity index (χ3v) is 4.57. The maximum atomic E-state index is 12.3. The van der Waals surface area contributed by atoms with Crippen LogP contribution in [0.5, 0.6) is 5.75 Å². The van der Waals surface area contributed by atoms with Gasteiger partial charge in [-0.2, -0.15) is 0 Å². The number of amides is 2. The van der Waals surface area contributed by atoms with Crippen LogP contribution in [0, 0.1) is 0 Å². The molecule has 6 heteroatoms. The Labute approximate surface area is 188 Å². The molecule has 0 radical (unpaired) electrons. The lowest BCUT2D eigenvalue weighted by atomic mass is 10.1. The summed E-state index contributed by atoms with van der Waals surface area (Å²) in [5, 5.41) is 8.79. The van der Waals surface area contributed by atoms with E-state index in [1.54, 1.807) is 30.3 Å². The Hall–Kier alpha value is -4.06. The first-order valence-corrected chi connectivity index (χ1v) is 10.4. The Morgan fingerprint density at radius 3 is 2.25 bits per heavy atom. The van der Waals surface area contributed by atoms with E-state index < -0.39 is 0 Å². The molecule has 0 aliphatic rings. The minimum Gasteiger partial charge on any atom is -0.489 e. The third-order valence-electron chi connectivity index (χ3n) is 4.57. The van der Waals surface area contributed by atoms with Gasteiger partial charge in [-0.05, 0) is 42.3 Å². The van der Waals surface area contributed by atoms with E-state index in [1.807, 2.05) is 54.6 Å². The van der Waals surface area contributed by atoms with E-state index in [0.29, 0.717) is 36.6 Å². The Balaban J connectivity index is 1.47. The van der Waals surface area contributed by atoms with Crippen LogP contribution in [-0.2, 0) is 16.0 Å². The Bertz CT molecular complexity index is 1050. The fourth-order valence-electron chi connectivity index (χ4n) is 3.04. The zero-order valence-corrected chi connectivity index (χ0v) is 17.8. The molecule has 0 aliphatic carbocycles. The van der Waals surface area contributed by atoms with Gasteiger partial charge in [-0.1, -0.05) is 55.1 Å². The smallest absolute Gasteiger partial charge is 0.243 e. The molecule has 0 saturated heterocycles. The molecule has 3 aromatic carbocycles. The lowest BCUT2D eigenvalue weighted by molar-refractivity contribution is -0.116. The predicted octanol–water partition coefficient (Wildman–Crippen LogP) is 4.87. The molecule has 0 bridgehead atoms. The summed E-state index contributed by atoms with van der Waals surface area (Å²) in [6, 6.07) is 24.4. The van der Waals surface area contributed by atoms with Crippen molar-refractivity contribution in [3.8, 4) is 5.75 Å². The molecule has 0 unspecified atom stereocenters. The van der Waals surface area contributed by atoms with E-state index in [0.717, 1.165) is 11.3 Å². The van der Waals surface area contributed by atoms with E-state index in [-0.39, 0.29) is 18.4 Å². The minimum atomic E-state index is -0.199. The van der Waals surface area contributed by atoms with Crippen molar-refractivity contribution in [3.63, 3.8) is 0 Å².